The Morgan fingerprint density at radius 1 is 1.04 bits per heavy atom. The molecule has 0 radical (unpaired) electrons. The molecule has 0 atom stereocenters. The molecule has 1 amide bonds. The van der Waals surface area contributed by atoms with E-state index in [4.69, 9.17) is 0 Å². The third-order valence-corrected chi connectivity index (χ3v) is 4.68. The predicted octanol–water partition coefficient (Wildman–Crippen LogP) is 3.69. The Kier molecular flexibility index (Phi) is 5.11. The van der Waals surface area contributed by atoms with Crippen molar-refractivity contribution in [2.75, 3.05) is 12.8 Å². The van der Waals surface area contributed by atoms with Crippen LogP contribution in [0, 0.1) is 6.92 Å². The normalized spacial score (nSPS) is 10.8. The summed E-state index contributed by atoms with van der Waals surface area (Å²) in [6.07, 6.45) is 0. The largest absolute Gasteiger partial charge is 0.341 e. The fourth-order valence-corrected chi connectivity index (χ4v) is 3.46. The Morgan fingerprint density at radius 3 is 2.54 bits per heavy atom. The molecule has 4 nitrogen and oxygen atoms in total. The third-order valence-electron chi connectivity index (χ3n) is 3.70. The van der Waals surface area contributed by atoms with Crippen LogP contribution < -0.4 is 0 Å². The minimum Gasteiger partial charge on any atom is -0.341 e. The van der Waals surface area contributed by atoms with Gasteiger partial charge in [0.15, 0.2) is 0 Å². The average molecular weight is 337 g/mol. The lowest BCUT2D eigenvalue weighted by Crippen LogP contribution is -2.27. The minimum atomic E-state index is 0.0872. The Balaban J connectivity index is 1.68. The van der Waals surface area contributed by atoms with Crippen molar-refractivity contribution in [3.05, 3.63) is 66.0 Å². The van der Waals surface area contributed by atoms with Crippen LogP contribution in [-0.4, -0.2) is 33.6 Å². The van der Waals surface area contributed by atoms with E-state index in [1.807, 2.05) is 68.6 Å². The van der Waals surface area contributed by atoms with Gasteiger partial charge in [-0.2, -0.15) is 0 Å². The molecule has 3 rings (SSSR count). The van der Waals surface area contributed by atoms with Gasteiger partial charge in [0, 0.05) is 19.0 Å². The summed E-state index contributed by atoms with van der Waals surface area (Å²) in [6.45, 7) is 2.49. The summed E-state index contributed by atoms with van der Waals surface area (Å²) in [5, 5.41) is 1.85. The van der Waals surface area contributed by atoms with E-state index in [0.717, 1.165) is 27.3 Å². The van der Waals surface area contributed by atoms with Crippen LogP contribution in [0.5, 0.6) is 0 Å². The molecule has 0 aliphatic heterocycles. The van der Waals surface area contributed by atoms with Crippen molar-refractivity contribution in [2.24, 2.45) is 0 Å². The predicted molar refractivity (Wildman–Crippen MR) is 97.9 cm³/mol. The number of benzene rings is 2. The quantitative estimate of drug-likeness (QED) is 0.526. The van der Waals surface area contributed by atoms with Crippen molar-refractivity contribution < 1.29 is 4.79 Å². The molecule has 2 aromatic carbocycles. The molecule has 1 aromatic heterocycles. The van der Waals surface area contributed by atoms with Gasteiger partial charge in [-0.05, 0) is 18.6 Å². The molecule has 0 unspecified atom stereocenters. The Hall–Kier alpha value is -2.40. The van der Waals surface area contributed by atoms with Gasteiger partial charge in [-0.1, -0.05) is 60.3 Å². The molecule has 1 heterocycles. The molecule has 0 spiro atoms. The molecule has 0 N–H and O–H groups in total. The van der Waals surface area contributed by atoms with Gasteiger partial charge in [0.25, 0.3) is 0 Å². The molecular weight excluding hydrogens is 318 g/mol. The highest BCUT2D eigenvalue weighted by atomic mass is 32.2. The number of rotatable bonds is 5. The summed E-state index contributed by atoms with van der Waals surface area (Å²) in [5.41, 5.74) is 2.04. The third kappa shape index (κ3) is 3.92. The van der Waals surface area contributed by atoms with Gasteiger partial charge in [0.1, 0.15) is 10.9 Å². The van der Waals surface area contributed by atoms with Gasteiger partial charge in [-0.3, -0.25) is 4.79 Å². The van der Waals surface area contributed by atoms with E-state index in [0.29, 0.717) is 12.3 Å². The zero-order chi connectivity index (χ0) is 16.9. The van der Waals surface area contributed by atoms with Crippen LogP contribution in [0.2, 0.25) is 0 Å². The van der Waals surface area contributed by atoms with Gasteiger partial charge < -0.3 is 4.90 Å². The number of aryl methyl sites for hydroxylation is 1. The Labute approximate surface area is 145 Å². The van der Waals surface area contributed by atoms with E-state index in [2.05, 4.69) is 9.97 Å². The molecular formula is C19H19N3OS. The highest BCUT2D eigenvalue weighted by molar-refractivity contribution is 8.00. The highest BCUT2D eigenvalue weighted by Crippen LogP contribution is 2.25. The fourth-order valence-electron chi connectivity index (χ4n) is 2.45. The van der Waals surface area contributed by atoms with Crippen molar-refractivity contribution in [1.29, 1.82) is 0 Å². The molecule has 122 valence electrons. The number of aromatic nitrogens is 2. The summed E-state index contributed by atoms with van der Waals surface area (Å²) in [7, 11) is 1.83. The van der Waals surface area contributed by atoms with E-state index >= 15 is 0 Å². The van der Waals surface area contributed by atoms with Crippen molar-refractivity contribution >= 4 is 28.6 Å². The first-order chi connectivity index (χ1) is 11.6. The van der Waals surface area contributed by atoms with Gasteiger partial charge in [-0.15, -0.1) is 0 Å². The molecule has 0 fully saturated rings. The van der Waals surface area contributed by atoms with Crippen LogP contribution >= 0.6 is 11.8 Å². The standard InChI is InChI=1S/C19H19N3OS/c1-14-20-17-11-7-6-10-16(17)19(21-14)24-13-18(23)22(2)12-15-8-4-3-5-9-15/h3-11H,12-13H2,1-2H3. The number of amides is 1. The fraction of sp³-hybridized carbons (Fsp3) is 0.211. The van der Waals surface area contributed by atoms with Gasteiger partial charge in [0.2, 0.25) is 5.91 Å². The average Bonchev–Trinajstić information content (AvgIpc) is 2.60. The van der Waals surface area contributed by atoms with Gasteiger partial charge >= 0.3 is 0 Å². The van der Waals surface area contributed by atoms with Crippen LogP contribution in [0.25, 0.3) is 10.9 Å². The van der Waals surface area contributed by atoms with E-state index in [-0.39, 0.29) is 5.91 Å². The maximum Gasteiger partial charge on any atom is 0.233 e. The summed E-state index contributed by atoms with van der Waals surface area (Å²) in [6, 6.07) is 17.9. The van der Waals surface area contributed by atoms with Crippen molar-refractivity contribution in [1.82, 2.24) is 14.9 Å². The second-order valence-electron chi connectivity index (χ2n) is 5.62. The second kappa shape index (κ2) is 7.45. The number of carbonyl (C=O) groups excluding carboxylic acids is 1. The molecule has 0 saturated carbocycles. The molecule has 0 bridgehead atoms. The number of carbonyl (C=O) groups is 1. The van der Waals surface area contributed by atoms with Crippen molar-refractivity contribution in [2.45, 2.75) is 18.5 Å². The lowest BCUT2D eigenvalue weighted by molar-refractivity contribution is -0.127. The van der Waals surface area contributed by atoms with Crippen molar-refractivity contribution in [3.63, 3.8) is 0 Å². The first-order valence-corrected chi connectivity index (χ1v) is 8.76. The number of nitrogens with zero attached hydrogens (tertiary/aromatic N) is 3. The number of hydrogen-bond acceptors (Lipinski definition) is 4. The van der Waals surface area contributed by atoms with E-state index in [1.54, 1.807) is 4.90 Å². The summed E-state index contributed by atoms with van der Waals surface area (Å²) < 4.78 is 0. The lowest BCUT2D eigenvalue weighted by atomic mass is 10.2. The minimum absolute atomic E-state index is 0.0872. The zero-order valence-electron chi connectivity index (χ0n) is 13.8. The van der Waals surface area contributed by atoms with Crippen LogP contribution in [0.15, 0.2) is 59.6 Å². The van der Waals surface area contributed by atoms with Crippen LogP contribution in [0.4, 0.5) is 0 Å². The number of hydrogen-bond donors (Lipinski definition) is 0. The zero-order valence-corrected chi connectivity index (χ0v) is 14.6. The summed E-state index contributed by atoms with van der Waals surface area (Å²) >= 11 is 1.47. The SMILES string of the molecule is Cc1nc(SCC(=O)N(C)Cc2ccccc2)c2ccccc2n1. The first-order valence-electron chi connectivity index (χ1n) is 7.77. The Bertz CT molecular complexity index is 852. The summed E-state index contributed by atoms with van der Waals surface area (Å²) in [5.74, 6) is 1.18. The smallest absolute Gasteiger partial charge is 0.233 e. The number of thioether (sulfide) groups is 1. The van der Waals surface area contributed by atoms with E-state index in [9.17, 15) is 4.79 Å². The molecule has 24 heavy (non-hydrogen) atoms. The van der Waals surface area contributed by atoms with Gasteiger partial charge in [0.05, 0.1) is 11.3 Å². The van der Waals surface area contributed by atoms with Gasteiger partial charge in [-0.25, -0.2) is 9.97 Å². The maximum absolute atomic E-state index is 12.4. The monoisotopic (exact) mass is 337 g/mol. The highest BCUT2D eigenvalue weighted by Gasteiger charge is 2.12. The second-order valence-corrected chi connectivity index (χ2v) is 6.58. The summed E-state index contributed by atoms with van der Waals surface area (Å²) in [4.78, 5) is 23.1. The van der Waals surface area contributed by atoms with E-state index in [1.165, 1.54) is 11.8 Å². The van der Waals surface area contributed by atoms with Crippen LogP contribution in [0.1, 0.15) is 11.4 Å². The number of para-hydroxylation sites is 1. The van der Waals surface area contributed by atoms with Crippen molar-refractivity contribution in [3.8, 4) is 0 Å². The number of fused-ring (bicyclic) bond motifs is 1. The van der Waals surface area contributed by atoms with E-state index < -0.39 is 0 Å². The topological polar surface area (TPSA) is 46.1 Å². The van der Waals surface area contributed by atoms with Crippen LogP contribution in [-0.2, 0) is 11.3 Å². The Morgan fingerprint density at radius 2 is 1.75 bits per heavy atom. The molecule has 0 saturated heterocycles. The molecule has 5 heteroatoms. The van der Waals surface area contributed by atoms with Crippen LogP contribution in [0.3, 0.4) is 0 Å². The molecule has 0 aliphatic carbocycles. The molecule has 3 aromatic rings. The molecule has 0 aliphatic rings. The first kappa shape index (κ1) is 16.5. The lowest BCUT2D eigenvalue weighted by Gasteiger charge is -2.17. The maximum atomic E-state index is 12.4.